The van der Waals surface area contributed by atoms with E-state index < -0.39 is 5.97 Å². The normalized spacial score (nSPS) is 9.55. The van der Waals surface area contributed by atoms with Crippen molar-refractivity contribution in [1.82, 2.24) is 9.97 Å². The van der Waals surface area contributed by atoms with Crippen LogP contribution in [-0.2, 0) is 0 Å². The molecule has 1 rings (SSSR count). The van der Waals surface area contributed by atoms with Crippen molar-refractivity contribution < 1.29 is 9.90 Å². The van der Waals surface area contributed by atoms with Gasteiger partial charge in [0.15, 0.2) is 5.82 Å². The lowest BCUT2D eigenvalue weighted by Crippen LogP contribution is -2.25. The quantitative estimate of drug-likeness (QED) is 0.658. The van der Waals surface area contributed by atoms with E-state index in [0.717, 1.165) is 0 Å². The minimum atomic E-state index is -1.41. The van der Waals surface area contributed by atoms with E-state index in [-0.39, 0.29) is 11.5 Å². The molecule has 0 aliphatic heterocycles. The number of halogens is 1. The highest BCUT2D eigenvalue weighted by molar-refractivity contribution is 14.1. The van der Waals surface area contributed by atoms with Gasteiger partial charge in [0, 0.05) is 0 Å². The molecule has 0 amide bonds. The molecule has 11 heavy (non-hydrogen) atoms. The van der Waals surface area contributed by atoms with Gasteiger partial charge in [-0.15, -0.1) is 0 Å². The van der Waals surface area contributed by atoms with Crippen LogP contribution in [0, 0.1) is 3.70 Å². The number of carbonyl (C=O) groups is 1. The van der Waals surface area contributed by atoms with Gasteiger partial charge in [-0.1, -0.05) is 0 Å². The number of hydrogen-bond acceptors (Lipinski definition) is 5. The van der Waals surface area contributed by atoms with Crippen LogP contribution in [0.4, 0.5) is 5.82 Å². The Morgan fingerprint density at radius 3 is 2.82 bits per heavy atom. The van der Waals surface area contributed by atoms with Crippen LogP contribution in [0.5, 0.6) is 0 Å². The van der Waals surface area contributed by atoms with Gasteiger partial charge in [-0.2, -0.15) is 0 Å². The maximum atomic E-state index is 10.3. The Kier molecular flexibility index (Phi) is 2.22. The maximum absolute atomic E-state index is 10.3. The second kappa shape index (κ2) is 2.99. The summed E-state index contributed by atoms with van der Waals surface area (Å²) in [6.45, 7) is 0. The Hall–Kier alpha value is -0.920. The van der Waals surface area contributed by atoms with Crippen molar-refractivity contribution in [1.29, 1.82) is 0 Å². The summed E-state index contributed by atoms with van der Waals surface area (Å²) in [6, 6.07) is 0. The topological polar surface area (TPSA) is 91.9 Å². The zero-order valence-electron chi connectivity index (χ0n) is 5.24. The summed E-state index contributed by atoms with van der Waals surface area (Å²) >= 11 is 1.84. The number of carboxylic acids is 1. The fraction of sp³-hybridized carbons (Fsp3) is 0. The summed E-state index contributed by atoms with van der Waals surface area (Å²) in [7, 11) is 0. The third-order valence-corrected chi connectivity index (χ3v) is 1.48. The molecule has 0 spiro atoms. The molecule has 0 unspecified atom stereocenters. The van der Waals surface area contributed by atoms with Crippen LogP contribution >= 0.6 is 22.6 Å². The van der Waals surface area contributed by atoms with E-state index in [1.165, 1.54) is 6.20 Å². The molecule has 5 nitrogen and oxygen atoms in total. The van der Waals surface area contributed by atoms with E-state index in [4.69, 9.17) is 5.73 Å². The number of nitrogens with zero attached hydrogens (tertiary/aromatic N) is 2. The fourth-order valence-electron chi connectivity index (χ4n) is 0.527. The first-order valence-electron chi connectivity index (χ1n) is 2.60. The number of anilines is 1. The van der Waals surface area contributed by atoms with Crippen molar-refractivity contribution in [3.8, 4) is 0 Å². The second-order valence-corrected chi connectivity index (χ2v) is 2.82. The largest absolute Gasteiger partial charge is 0.543 e. The molecule has 2 N–H and O–H groups in total. The molecular formula is C5H3IN3O2-. The standard InChI is InChI=1S/C5H4IN3O2/c6-2-1-8-4(7)3(9-2)5(10)11/h1H,(H2,7,8)(H,10,11)/p-1. The molecule has 58 valence electrons. The van der Waals surface area contributed by atoms with Crippen molar-refractivity contribution in [3.63, 3.8) is 0 Å². The minimum absolute atomic E-state index is 0.120. The number of nitrogens with two attached hydrogens (primary N) is 1. The van der Waals surface area contributed by atoms with Gasteiger partial charge < -0.3 is 15.6 Å². The Labute approximate surface area is 75.8 Å². The van der Waals surface area contributed by atoms with Crippen LogP contribution < -0.4 is 10.8 Å². The summed E-state index contributed by atoms with van der Waals surface area (Å²) < 4.78 is 0.469. The van der Waals surface area contributed by atoms with Crippen LogP contribution in [-0.4, -0.2) is 15.9 Å². The highest BCUT2D eigenvalue weighted by Crippen LogP contribution is 2.05. The van der Waals surface area contributed by atoms with E-state index in [0.29, 0.717) is 3.70 Å². The van der Waals surface area contributed by atoms with Gasteiger partial charge in [-0.25, -0.2) is 9.97 Å². The summed E-state index contributed by atoms with van der Waals surface area (Å²) in [5.41, 5.74) is 4.88. The first kappa shape index (κ1) is 8.18. The summed E-state index contributed by atoms with van der Waals surface area (Å²) in [4.78, 5) is 17.5. The van der Waals surface area contributed by atoms with Gasteiger partial charge in [-0.05, 0) is 22.6 Å². The molecule has 6 heteroatoms. The minimum Gasteiger partial charge on any atom is -0.543 e. The van der Waals surface area contributed by atoms with E-state index in [9.17, 15) is 9.90 Å². The predicted molar refractivity (Wildman–Crippen MR) is 43.5 cm³/mol. The third kappa shape index (κ3) is 1.76. The summed E-state index contributed by atoms with van der Waals surface area (Å²) in [5.74, 6) is -1.53. The molecule has 0 radical (unpaired) electrons. The van der Waals surface area contributed by atoms with E-state index in [2.05, 4.69) is 9.97 Å². The Bertz CT molecular complexity index is 302. The molecule has 0 saturated carbocycles. The first-order valence-corrected chi connectivity index (χ1v) is 3.68. The molecule has 1 aromatic heterocycles. The SMILES string of the molecule is Nc1ncc(I)nc1C(=O)[O-]. The maximum Gasteiger partial charge on any atom is 0.151 e. The second-order valence-electron chi connectivity index (χ2n) is 1.71. The van der Waals surface area contributed by atoms with Gasteiger partial charge in [0.25, 0.3) is 0 Å². The lowest BCUT2D eigenvalue weighted by atomic mass is 10.4. The zero-order chi connectivity index (χ0) is 8.43. The fourth-order valence-corrected chi connectivity index (χ4v) is 0.908. The number of aromatic nitrogens is 2. The van der Waals surface area contributed by atoms with Crippen LogP contribution in [0.15, 0.2) is 6.20 Å². The van der Waals surface area contributed by atoms with Crippen molar-refractivity contribution in [2.24, 2.45) is 0 Å². The highest BCUT2D eigenvalue weighted by atomic mass is 127. The van der Waals surface area contributed by atoms with Crippen LogP contribution in [0.3, 0.4) is 0 Å². The van der Waals surface area contributed by atoms with Gasteiger partial charge in [0.05, 0.1) is 12.2 Å². The Morgan fingerprint density at radius 1 is 1.73 bits per heavy atom. The monoisotopic (exact) mass is 264 g/mol. The van der Waals surface area contributed by atoms with E-state index in [1.807, 2.05) is 22.6 Å². The van der Waals surface area contributed by atoms with Crippen molar-refractivity contribution in [2.75, 3.05) is 5.73 Å². The number of carbonyl (C=O) groups excluding carboxylic acids is 1. The zero-order valence-corrected chi connectivity index (χ0v) is 7.40. The average Bonchev–Trinajstić information content (AvgIpc) is 1.94. The van der Waals surface area contributed by atoms with Crippen molar-refractivity contribution in [3.05, 3.63) is 15.6 Å². The molecule has 0 saturated heterocycles. The van der Waals surface area contributed by atoms with Crippen molar-refractivity contribution in [2.45, 2.75) is 0 Å². The van der Waals surface area contributed by atoms with Crippen LogP contribution in [0.2, 0.25) is 0 Å². The average molecular weight is 264 g/mol. The number of carboxylic acid groups (broad SMARTS) is 1. The summed E-state index contributed by atoms with van der Waals surface area (Å²) in [5, 5.41) is 10.3. The van der Waals surface area contributed by atoms with E-state index in [1.54, 1.807) is 0 Å². The van der Waals surface area contributed by atoms with Crippen molar-refractivity contribution >= 4 is 34.4 Å². The third-order valence-electron chi connectivity index (χ3n) is 0.965. The molecule has 0 aliphatic rings. The summed E-state index contributed by atoms with van der Waals surface area (Å²) in [6.07, 6.45) is 1.38. The van der Waals surface area contributed by atoms with Gasteiger partial charge in [0.1, 0.15) is 9.39 Å². The molecule has 0 bridgehead atoms. The number of aromatic carboxylic acids is 1. The lowest BCUT2D eigenvalue weighted by Gasteiger charge is -2.03. The first-order chi connectivity index (χ1) is 5.11. The van der Waals surface area contributed by atoms with Crippen LogP contribution in [0.1, 0.15) is 10.5 Å². The molecule has 1 heterocycles. The Morgan fingerprint density at radius 2 is 2.36 bits per heavy atom. The number of nitrogen functional groups attached to an aromatic ring is 1. The smallest absolute Gasteiger partial charge is 0.151 e. The van der Waals surface area contributed by atoms with Crippen LogP contribution in [0.25, 0.3) is 0 Å². The lowest BCUT2D eigenvalue weighted by molar-refractivity contribution is -0.255. The molecule has 0 fully saturated rings. The van der Waals surface area contributed by atoms with Gasteiger partial charge >= 0.3 is 0 Å². The molecular weight excluding hydrogens is 261 g/mol. The van der Waals surface area contributed by atoms with Gasteiger partial charge in [0.2, 0.25) is 0 Å². The highest BCUT2D eigenvalue weighted by Gasteiger charge is 2.02. The van der Waals surface area contributed by atoms with Gasteiger partial charge in [-0.3, -0.25) is 0 Å². The predicted octanol–water partition coefficient (Wildman–Crippen LogP) is -0.973. The molecule has 0 aromatic carbocycles. The number of rotatable bonds is 1. The molecule has 0 atom stereocenters. The van der Waals surface area contributed by atoms with E-state index >= 15 is 0 Å². The molecule has 1 aromatic rings. The molecule has 0 aliphatic carbocycles. The number of hydrogen-bond donors (Lipinski definition) is 1. The Balaban J connectivity index is 3.23.